The Bertz CT molecular complexity index is 323. The van der Waals surface area contributed by atoms with Gasteiger partial charge in [-0.05, 0) is 26.3 Å². The van der Waals surface area contributed by atoms with Crippen LogP contribution in [0.5, 0.6) is 0 Å². The van der Waals surface area contributed by atoms with Crippen LogP contribution in [0.2, 0.25) is 0 Å². The molecule has 0 aliphatic heterocycles. The van der Waals surface area contributed by atoms with E-state index in [1.165, 1.54) is 19.3 Å². The smallest absolute Gasteiger partial charge is 0.144 e. The normalized spacial score (nSPS) is 12.7. The molecule has 0 radical (unpaired) electrons. The molecule has 0 fully saturated rings. The van der Waals surface area contributed by atoms with Gasteiger partial charge in [-0.1, -0.05) is 20.3 Å². The zero-order chi connectivity index (χ0) is 13.4. The Kier molecular flexibility index (Phi) is 6.65. The summed E-state index contributed by atoms with van der Waals surface area (Å²) in [5, 5.41) is 2.99. The number of unbranched alkanes of at least 4 members (excludes halogenated alkanes) is 1. The SMILES string of the molecule is CCCCN(Cc1cnc(NC)cn1)C(C)CC. The van der Waals surface area contributed by atoms with Crippen LogP contribution in [0.15, 0.2) is 12.4 Å². The number of nitrogens with zero attached hydrogens (tertiary/aromatic N) is 3. The Morgan fingerprint density at radius 1 is 1.28 bits per heavy atom. The molecule has 0 amide bonds. The molecular formula is C14H26N4. The van der Waals surface area contributed by atoms with Crippen molar-refractivity contribution < 1.29 is 0 Å². The lowest BCUT2D eigenvalue weighted by molar-refractivity contribution is 0.190. The predicted molar refractivity (Wildman–Crippen MR) is 76.6 cm³/mol. The molecule has 1 N–H and O–H groups in total. The van der Waals surface area contributed by atoms with Crippen LogP contribution in [0, 0.1) is 0 Å². The molecular weight excluding hydrogens is 224 g/mol. The van der Waals surface area contributed by atoms with E-state index in [9.17, 15) is 0 Å². The van der Waals surface area contributed by atoms with Crippen LogP contribution < -0.4 is 5.32 Å². The first-order valence-corrected chi connectivity index (χ1v) is 6.93. The molecule has 1 rings (SSSR count). The number of anilines is 1. The van der Waals surface area contributed by atoms with Crippen LogP contribution in [-0.2, 0) is 6.54 Å². The standard InChI is InChI=1S/C14H26N4/c1-5-7-8-18(12(3)6-2)11-13-9-17-14(15-4)10-16-13/h9-10,12H,5-8,11H2,1-4H3,(H,15,17). The van der Waals surface area contributed by atoms with Gasteiger partial charge in [0.1, 0.15) is 5.82 Å². The second-order valence-electron chi connectivity index (χ2n) is 4.72. The number of nitrogens with one attached hydrogen (secondary N) is 1. The highest BCUT2D eigenvalue weighted by Gasteiger charge is 2.12. The minimum Gasteiger partial charge on any atom is -0.372 e. The van der Waals surface area contributed by atoms with Crippen molar-refractivity contribution in [2.75, 3.05) is 18.9 Å². The van der Waals surface area contributed by atoms with E-state index in [2.05, 4.69) is 41.0 Å². The lowest BCUT2D eigenvalue weighted by Crippen LogP contribution is -2.33. The molecule has 1 aromatic rings. The molecule has 1 heterocycles. The van der Waals surface area contributed by atoms with Gasteiger partial charge < -0.3 is 5.32 Å². The fourth-order valence-electron chi connectivity index (χ4n) is 1.85. The third-order valence-electron chi connectivity index (χ3n) is 3.34. The quantitative estimate of drug-likeness (QED) is 0.770. The maximum atomic E-state index is 4.45. The Hall–Kier alpha value is -1.16. The summed E-state index contributed by atoms with van der Waals surface area (Å²) in [5.41, 5.74) is 1.05. The van der Waals surface area contributed by atoms with Crippen molar-refractivity contribution >= 4 is 5.82 Å². The van der Waals surface area contributed by atoms with E-state index < -0.39 is 0 Å². The number of aromatic nitrogens is 2. The molecule has 4 heteroatoms. The van der Waals surface area contributed by atoms with Gasteiger partial charge in [-0.2, -0.15) is 0 Å². The summed E-state index contributed by atoms with van der Waals surface area (Å²) in [4.78, 5) is 11.3. The number of hydrogen-bond donors (Lipinski definition) is 1. The second-order valence-corrected chi connectivity index (χ2v) is 4.72. The van der Waals surface area contributed by atoms with Gasteiger partial charge in [-0.25, -0.2) is 4.98 Å². The Balaban J connectivity index is 2.62. The van der Waals surface area contributed by atoms with Gasteiger partial charge >= 0.3 is 0 Å². The van der Waals surface area contributed by atoms with Gasteiger partial charge in [0.05, 0.1) is 18.1 Å². The minimum atomic E-state index is 0.599. The number of rotatable bonds is 8. The lowest BCUT2D eigenvalue weighted by atomic mass is 10.2. The van der Waals surface area contributed by atoms with Gasteiger partial charge in [0.15, 0.2) is 0 Å². The van der Waals surface area contributed by atoms with Crippen LogP contribution in [0.4, 0.5) is 5.82 Å². The first-order valence-electron chi connectivity index (χ1n) is 6.93. The van der Waals surface area contributed by atoms with Crippen molar-refractivity contribution in [3.63, 3.8) is 0 Å². The van der Waals surface area contributed by atoms with E-state index in [-0.39, 0.29) is 0 Å². The summed E-state index contributed by atoms with van der Waals surface area (Å²) in [7, 11) is 1.86. The predicted octanol–water partition coefficient (Wildman–Crippen LogP) is 2.92. The van der Waals surface area contributed by atoms with Crippen LogP contribution in [0.1, 0.15) is 45.7 Å². The molecule has 102 valence electrons. The Morgan fingerprint density at radius 2 is 2.06 bits per heavy atom. The lowest BCUT2D eigenvalue weighted by Gasteiger charge is -2.27. The molecule has 1 unspecified atom stereocenters. The van der Waals surface area contributed by atoms with Crippen LogP contribution in [-0.4, -0.2) is 34.5 Å². The highest BCUT2D eigenvalue weighted by atomic mass is 15.2. The van der Waals surface area contributed by atoms with E-state index in [1.807, 2.05) is 13.2 Å². The van der Waals surface area contributed by atoms with Crippen molar-refractivity contribution in [3.8, 4) is 0 Å². The topological polar surface area (TPSA) is 41.1 Å². The largest absolute Gasteiger partial charge is 0.372 e. The van der Waals surface area contributed by atoms with E-state index in [4.69, 9.17) is 0 Å². The Labute approximate surface area is 111 Å². The number of hydrogen-bond acceptors (Lipinski definition) is 4. The molecule has 0 aromatic carbocycles. The van der Waals surface area contributed by atoms with E-state index in [0.717, 1.165) is 24.6 Å². The average molecular weight is 250 g/mol. The summed E-state index contributed by atoms with van der Waals surface area (Å²) in [6.07, 6.45) is 7.31. The van der Waals surface area contributed by atoms with Crippen LogP contribution in [0.25, 0.3) is 0 Å². The summed E-state index contributed by atoms with van der Waals surface area (Å²) >= 11 is 0. The third-order valence-corrected chi connectivity index (χ3v) is 3.34. The second kappa shape index (κ2) is 8.03. The summed E-state index contributed by atoms with van der Waals surface area (Å²) in [5.74, 6) is 0.822. The molecule has 0 spiro atoms. The van der Waals surface area contributed by atoms with Crippen molar-refractivity contribution in [1.82, 2.24) is 14.9 Å². The molecule has 0 saturated heterocycles. The molecule has 1 atom stereocenters. The molecule has 4 nitrogen and oxygen atoms in total. The minimum absolute atomic E-state index is 0.599. The fourth-order valence-corrected chi connectivity index (χ4v) is 1.85. The van der Waals surface area contributed by atoms with Gasteiger partial charge in [0.25, 0.3) is 0 Å². The van der Waals surface area contributed by atoms with Crippen LogP contribution >= 0.6 is 0 Å². The highest BCUT2D eigenvalue weighted by Crippen LogP contribution is 2.10. The zero-order valence-electron chi connectivity index (χ0n) is 12.1. The molecule has 0 aliphatic carbocycles. The molecule has 0 aliphatic rings. The van der Waals surface area contributed by atoms with Crippen molar-refractivity contribution in [1.29, 1.82) is 0 Å². The first kappa shape index (κ1) is 14.9. The molecule has 1 aromatic heterocycles. The molecule has 18 heavy (non-hydrogen) atoms. The van der Waals surface area contributed by atoms with Crippen LogP contribution in [0.3, 0.4) is 0 Å². The summed E-state index contributed by atoms with van der Waals surface area (Å²) in [6, 6.07) is 0.599. The first-order chi connectivity index (χ1) is 8.71. The fraction of sp³-hybridized carbons (Fsp3) is 0.714. The van der Waals surface area contributed by atoms with E-state index >= 15 is 0 Å². The van der Waals surface area contributed by atoms with E-state index in [0.29, 0.717) is 6.04 Å². The molecule has 0 bridgehead atoms. The monoisotopic (exact) mass is 250 g/mol. The molecule has 0 saturated carbocycles. The summed E-state index contributed by atoms with van der Waals surface area (Å²) < 4.78 is 0. The maximum absolute atomic E-state index is 4.45. The van der Waals surface area contributed by atoms with Gasteiger partial charge in [0.2, 0.25) is 0 Å². The highest BCUT2D eigenvalue weighted by molar-refractivity contribution is 5.29. The third kappa shape index (κ3) is 4.61. The van der Waals surface area contributed by atoms with Crippen molar-refractivity contribution in [2.24, 2.45) is 0 Å². The maximum Gasteiger partial charge on any atom is 0.144 e. The average Bonchev–Trinajstić information content (AvgIpc) is 2.43. The van der Waals surface area contributed by atoms with Gasteiger partial charge in [-0.15, -0.1) is 0 Å². The summed E-state index contributed by atoms with van der Waals surface area (Å²) in [6.45, 7) is 8.79. The van der Waals surface area contributed by atoms with E-state index in [1.54, 1.807) is 6.20 Å². The zero-order valence-corrected chi connectivity index (χ0v) is 12.1. The van der Waals surface area contributed by atoms with Gasteiger partial charge in [0, 0.05) is 19.6 Å². The Morgan fingerprint density at radius 3 is 2.56 bits per heavy atom. The van der Waals surface area contributed by atoms with Crippen molar-refractivity contribution in [3.05, 3.63) is 18.1 Å². The van der Waals surface area contributed by atoms with Crippen molar-refractivity contribution in [2.45, 2.75) is 52.6 Å². The van der Waals surface area contributed by atoms with Gasteiger partial charge in [-0.3, -0.25) is 9.88 Å².